The van der Waals surface area contributed by atoms with E-state index in [1.807, 2.05) is 6.92 Å². The summed E-state index contributed by atoms with van der Waals surface area (Å²) in [6, 6.07) is 2.72. The van der Waals surface area contributed by atoms with Crippen LogP contribution in [-0.2, 0) is 21.5 Å². The predicted molar refractivity (Wildman–Crippen MR) is 66.6 cm³/mol. The van der Waals surface area contributed by atoms with Crippen LogP contribution in [-0.4, -0.2) is 20.3 Å². The molecule has 4 heteroatoms. The van der Waals surface area contributed by atoms with Gasteiger partial charge in [-0.25, -0.2) is 8.78 Å². The highest BCUT2D eigenvalue weighted by Crippen LogP contribution is 2.30. The Morgan fingerprint density at radius 1 is 1.11 bits per heavy atom. The Bertz CT molecular complexity index is 380. The number of halogens is 2. The van der Waals surface area contributed by atoms with Crippen LogP contribution in [0.4, 0.5) is 8.78 Å². The summed E-state index contributed by atoms with van der Waals surface area (Å²) in [7, 11) is 1.55. The Labute approximate surface area is 107 Å². The molecule has 0 saturated carbocycles. The molecule has 102 valence electrons. The van der Waals surface area contributed by atoms with E-state index in [9.17, 15) is 8.78 Å². The Morgan fingerprint density at radius 3 is 2.11 bits per heavy atom. The summed E-state index contributed by atoms with van der Waals surface area (Å²) in [5, 5.41) is 0. The molecule has 1 aromatic rings. The number of ether oxygens (including phenoxy) is 2. The van der Waals surface area contributed by atoms with Crippen LogP contribution < -0.4 is 0 Å². The van der Waals surface area contributed by atoms with Gasteiger partial charge in [0.1, 0.15) is 11.6 Å². The molecular formula is C14H20F2O2. The molecule has 2 nitrogen and oxygen atoms in total. The maximum absolute atomic E-state index is 14.0. The molecule has 0 N–H and O–H groups in total. The van der Waals surface area contributed by atoms with E-state index in [-0.39, 0.29) is 12.2 Å². The average molecular weight is 258 g/mol. The SMILES string of the molecule is CCc1cc(F)c(C(C)(C)OCCOC)c(F)c1. The lowest BCUT2D eigenvalue weighted by atomic mass is 9.95. The van der Waals surface area contributed by atoms with Gasteiger partial charge in [-0.2, -0.15) is 0 Å². The Morgan fingerprint density at radius 2 is 1.67 bits per heavy atom. The van der Waals surface area contributed by atoms with E-state index in [2.05, 4.69) is 0 Å². The topological polar surface area (TPSA) is 18.5 Å². The quantitative estimate of drug-likeness (QED) is 0.728. The molecule has 0 spiro atoms. The second-order valence-electron chi connectivity index (χ2n) is 4.64. The van der Waals surface area contributed by atoms with Crippen molar-refractivity contribution in [3.63, 3.8) is 0 Å². The Balaban J connectivity index is 3.00. The molecule has 0 atom stereocenters. The first-order chi connectivity index (χ1) is 8.42. The second kappa shape index (κ2) is 6.25. The predicted octanol–water partition coefficient (Wildman–Crippen LogP) is 3.43. The van der Waals surface area contributed by atoms with Crippen LogP contribution in [0.25, 0.3) is 0 Å². The smallest absolute Gasteiger partial charge is 0.132 e. The van der Waals surface area contributed by atoms with Crippen molar-refractivity contribution >= 4 is 0 Å². The van der Waals surface area contributed by atoms with E-state index in [0.717, 1.165) is 0 Å². The third kappa shape index (κ3) is 3.50. The van der Waals surface area contributed by atoms with Crippen LogP contribution >= 0.6 is 0 Å². The molecule has 0 radical (unpaired) electrons. The summed E-state index contributed by atoms with van der Waals surface area (Å²) in [5.41, 5.74) is -0.406. The van der Waals surface area contributed by atoms with Gasteiger partial charge in [0.2, 0.25) is 0 Å². The first-order valence-electron chi connectivity index (χ1n) is 6.03. The molecule has 0 heterocycles. The zero-order chi connectivity index (χ0) is 13.8. The molecule has 0 amide bonds. The number of aryl methyl sites for hydroxylation is 1. The number of benzene rings is 1. The van der Waals surface area contributed by atoms with Gasteiger partial charge < -0.3 is 9.47 Å². The minimum Gasteiger partial charge on any atom is -0.382 e. The Kier molecular flexibility index (Phi) is 5.23. The first kappa shape index (κ1) is 15.1. The molecule has 0 aliphatic carbocycles. The molecule has 0 unspecified atom stereocenters. The second-order valence-corrected chi connectivity index (χ2v) is 4.64. The summed E-state index contributed by atoms with van der Waals surface area (Å²) in [5.74, 6) is -1.12. The Hall–Kier alpha value is -1.00. The van der Waals surface area contributed by atoms with Gasteiger partial charge in [-0.15, -0.1) is 0 Å². The highest BCUT2D eigenvalue weighted by molar-refractivity contribution is 5.30. The van der Waals surface area contributed by atoms with E-state index in [0.29, 0.717) is 18.6 Å². The van der Waals surface area contributed by atoms with Crippen LogP contribution in [0.2, 0.25) is 0 Å². The van der Waals surface area contributed by atoms with Crippen LogP contribution in [0.15, 0.2) is 12.1 Å². The van der Waals surface area contributed by atoms with Gasteiger partial charge in [0.15, 0.2) is 0 Å². The normalized spacial score (nSPS) is 11.9. The summed E-state index contributed by atoms with van der Waals surface area (Å²) < 4.78 is 38.2. The van der Waals surface area contributed by atoms with Crippen LogP contribution in [0.5, 0.6) is 0 Å². The highest BCUT2D eigenvalue weighted by Gasteiger charge is 2.29. The largest absolute Gasteiger partial charge is 0.382 e. The van der Waals surface area contributed by atoms with E-state index in [1.165, 1.54) is 12.1 Å². The first-order valence-corrected chi connectivity index (χ1v) is 6.03. The lowest BCUT2D eigenvalue weighted by Crippen LogP contribution is -2.26. The molecule has 0 aliphatic heterocycles. The molecule has 18 heavy (non-hydrogen) atoms. The fraction of sp³-hybridized carbons (Fsp3) is 0.571. The molecule has 0 aliphatic rings. The van der Waals surface area contributed by atoms with Crippen molar-refractivity contribution < 1.29 is 18.3 Å². The highest BCUT2D eigenvalue weighted by atomic mass is 19.1. The molecule has 0 bridgehead atoms. The average Bonchev–Trinajstić information content (AvgIpc) is 2.27. The van der Waals surface area contributed by atoms with Crippen molar-refractivity contribution in [2.75, 3.05) is 20.3 Å². The van der Waals surface area contributed by atoms with Crippen LogP contribution in [0, 0.1) is 11.6 Å². The zero-order valence-corrected chi connectivity index (χ0v) is 11.3. The third-order valence-electron chi connectivity index (χ3n) is 2.86. The summed E-state index contributed by atoms with van der Waals surface area (Å²) in [6.07, 6.45) is 0.596. The molecule has 1 rings (SSSR count). The number of rotatable bonds is 6. The molecule has 1 aromatic carbocycles. The van der Waals surface area contributed by atoms with E-state index in [1.54, 1.807) is 21.0 Å². The van der Waals surface area contributed by atoms with Crippen LogP contribution in [0.1, 0.15) is 31.9 Å². The lowest BCUT2D eigenvalue weighted by molar-refractivity contribution is -0.0471. The van der Waals surface area contributed by atoms with Gasteiger partial charge in [-0.05, 0) is 38.0 Å². The van der Waals surface area contributed by atoms with Crippen molar-refractivity contribution in [1.82, 2.24) is 0 Å². The van der Waals surface area contributed by atoms with E-state index >= 15 is 0 Å². The van der Waals surface area contributed by atoms with Gasteiger partial charge in [0, 0.05) is 7.11 Å². The lowest BCUT2D eigenvalue weighted by Gasteiger charge is -2.27. The van der Waals surface area contributed by atoms with Gasteiger partial charge in [-0.1, -0.05) is 6.92 Å². The minimum atomic E-state index is -1.01. The standard InChI is InChI=1S/C14H20F2O2/c1-5-10-8-11(15)13(12(16)9-10)14(2,3)18-7-6-17-4/h8-9H,5-7H2,1-4H3. The maximum Gasteiger partial charge on any atom is 0.132 e. The molecule has 0 saturated heterocycles. The van der Waals surface area contributed by atoms with E-state index < -0.39 is 17.2 Å². The fourth-order valence-corrected chi connectivity index (χ4v) is 1.86. The maximum atomic E-state index is 14.0. The number of hydrogen-bond donors (Lipinski definition) is 0. The number of hydrogen-bond acceptors (Lipinski definition) is 2. The van der Waals surface area contributed by atoms with Gasteiger partial charge >= 0.3 is 0 Å². The molecule has 0 aromatic heterocycles. The van der Waals surface area contributed by atoms with Crippen molar-refractivity contribution in [3.05, 3.63) is 34.9 Å². The summed E-state index contributed by atoms with van der Waals surface area (Å²) in [6.45, 7) is 5.83. The third-order valence-corrected chi connectivity index (χ3v) is 2.86. The zero-order valence-electron chi connectivity index (χ0n) is 11.3. The molecule has 0 fully saturated rings. The monoisotopic (exact) mass is 258 g/mol. The van der Waals surface area contributed by atoms with Gasteiger partial charge in [0.25, 0.3) is 0 Å². The van der Waals surface area contributed by atoms with Gasteiger partial charge in [-0.3, -0.25) is 0 Å². The van der Waals surface area contributed by atoms with Crippen molar-refractivity contribution in [1.29, 1.82) is 0 Å². The fourth-order valence-electron chi connectivity index (χ4n) is 1.86. The molecular weight excluding hydrogens is 238 g/mol. The van der Waals surface area contributed by atoms with Gasteiger partial charge in [0.05, 0.1) is 24.4 Å². The number of methoxy groups -OCH3 is 1. The minimum absolute atomic E-state index is 0.0317. The van der Waals surface area contributed by atoms with Crippen LogP contribution in [0.3, 0.4) is 0 Å². The summed E-state index contributed by atoms with van der Waals surface area (Å²) >= 11 is 0. The van der Waals surface area contributed by atoms with Crippen molar-refractivity contribution in [2.24, 2.45) is 0 Å². The van der Waals surface area contributed by atoms with Crippen molar-refractivity contribution in [3.8, 4) is 0 Å². The van der Waals surface area contributed by atoms with E-state index in [4.69, 9.17) is 9.47 Å². The summed E-state index contributed by atoms with van der Waals surface area (Å²) in [4.78, 5) is 0. The van der Waals surface area contributed by atoms with Crippen molar-refractivity contribution in [2.45, 2.75) is 32.8 Å².